The Labute approximate surface area is 217 Å². The van der Waals surface area contributed by atoms with E-state index in [9.17, 15) is 9.59 Å². The summed E-state index contributed by atoms with van der Waals surface area (Å²) in [7, 11) is 0. The van der Waals surface area contributed by atoms with E-state index in [1.54, 1.807) is 19.1 Å². The Morgan fingerprint density at radius 3 is 1.47 bits per heavy atom. The Kier molecular flexibility index (Phi) is 8.60. The minimum atomic E-state index is -3.95. The molecule has 4 nitrogen and oxygen atoms in total. The fraction of sp³-hybridized carbons (Fsp3) is 0.161. The van der Waals surface area contributed by atoms with Gasteiger partial charge in [0.1, 0.15) is 0 Å². The van der Waals surface area contributed by atoms with Gasteiger partial charge in [-0.05, 0) is 0 Å². The molecule has 0 aromatic heterocycles. The van der Waals surface area contributed by atoms with Gasteiger partial charge < -0.3 is 0 Å². The fourth-order valence-electron chi connectivity index (χ4n) is 5.08. The number of rotatable bonds is 9. The first-order chi connectivity index (χ1) is 17.6. The summed E-state index contributed by atoms with van der Waals surface area (Å²) in [4.78, 5) is 26.8. The van der Waals surface area contributed by atoms with Crippen LogP contribution in [-0.2, 0) is 9.53 Å². The predicted molar refractivity (Wildman–Crippen MR) is 148 cm³/mol. The van der Waals surface area contributed by atoms with Gasteiger partial charge in [0.15, 0.2) is 0 Å². The van der Waals surface area contributed by atoms with Crippen LogP contribution < -0.4 is 16.1 Å². The third-order valence-corrected chi connectivity index (χ3v) is 22.2. The molecule has 4 rings (SSSR count). The zero-order chi connectivity index (χ0) is 25.4. The van der Waals surface area contributed by atoms with Crippen LogP contribution in [0.5, 0.6) is 0 Å². The number of carbonyl (C=O) groups excluding carboxylic acids is 2. The van der Waals surface area contributed by atoms with E-state index in [0.29, 0.717) is 5.56 Å². The summed E-state index contributed by atoms with van der Waals surface area (Å²) < 4.78 is 9.06. The standard InChI is InChI=1S/C13H16NO3.3C6H5.Sn/c1-3-11(13(16)17-4-2)14-12(15)10-8-6-5-7-9-10;3*1-2-4-6-5-3-1;/h3,5-9,11H,4H2,1-2H3,(H,14,15);3*1-5H;. The molecule has 0 saturated heterocycles. The van der Waals surface area contributed by atoms with Crippen LogP contribution in [0.15, 0.2) is 121 Å². The van der Waals surface area contributed by atoms with Crippen molar-refractivity contribution < 1.29 is 14.3 Å². The molecule has 0 aliphatic heterocycles. The molecular weight excluding hydrogens is 553 g/mol. The first kappa shape index (κ1) is 25.7. The average Bonchev–Trinajstić information content (AvgIpc) is 2.94. The van der Waals surface area contributed by atoms with Gasteiger partial charge in [-0.1, -0.05) is 0 Å². The molecule has 0 bridgehead atoms. The minimum absolute atomic E-state index is 0.196. The molecule has 0 radical (unpaired) electrons. The molecule has 0 spiro atoms. The Bertz CT molecular complexity index is 1170. The molecule has 4 aromatic carbocycles. The first-order valence-electron chi connectivity index (χ1n) is 12.3. The van der Waals surface area contributed by atoms with Crippen LogP contribution in [0.2, 0.25) is 3.93 Å². The molecule has 36 heavy (non-hydrogen) atoms. The fourth-order valence-corrected chi connectivity index (χ4v) is 20.6. The van der Waals surface area contributed by atoms with Crippen LogP contribution in [0.3, 0.4) is 0 Å². The topological polar surface area (TPSA) is 55.4 Å². The van der Waals surface area contributed by atoms with Crippen molar-refractivity contribution in [2.45, 2.75) is 23.8 Å². The summed E-state index contributed by atoms with van der Waals surface area (Å²) in [6, 6.07) is 39.6. The Morgan fingerprint density at radius 2 is 1.08 bits per heavy atom. The number of benzene rings is 4. The van der Waals surface area contributed by atoms with Crippen molar-refractivity contribution in [2.24, 2.45) is 0 Å². The monoisotopic (exact) mass is 585 g/mol. The van der Waals surface area contributed by atoms with E-state index in [4.69, 9.17) is 4.74 Å². The normalized spacial score (nSPS) is 12.8. The molecule has 1 amide bonds. The summed E-state index contributed by atoms with van der Waals surface area (Å²) in [6.07, 6.45) is 0. The van der Waals surface area contributed by atoms with Gasteiger partial charge in [-0.15, -0.1) is 0 Å². The van der Waals surface area contributed by atoms with E-state index in [-0.39, 0.29) is 16.4 Å². The molecule has 0 saturated carbocycles. The van der Waals surface area contributed by atoms with Gasteiger partial charge in [0.2, 0.25) is 0 Å². The first-order valence-corrected chi connectivity index (χ1v) is 18.2. The second-order valence-corrected chi connectivity index (χ2v) is 20.9. The van der Waals surface area contributed by atoms with E-state index in [1.165, 1.54) is 10.7 Å². The molecule has 2 atom stereocenters. The molecule has 182 valence electrons. The van der Waals surface area contributed by atoms with E-state index in [1.807, 2.05) is 36.4 Å². The van der Waals surface area contributed by atoms with E-state index >= 15 is 0 Å². The molecule has 1 N–H and O–H groups in total. The summed E-state index contributed by atoms with van der Waals surface area (Å²) in [5.74, 6) is -0.687. The number of nitrogens with one attached hydrogen (secondary N) is 1. The Hall–Kier alpha value is -3.38. The molecule has 0 fully saturated rings. The van der Waals surface area contributed by atoms with Crippen molar-refractivity contribution in [2.75, 3.05) is 6.61 Å². The van der Waals surface area contributed by atoms with Crippen molar-refractivity contribution >= 4 is 41.0 Å². The number of hydrogen-bond donors (Lipinski definition) is 1. The third kappa shape index (κ3) is 5.24. The van der Waals surface area contributed by atoms with Crippen molar-refractivity contribution in [1.82, 2.24) is 5.32 Å². The van der Waals surface area contributed by atoms with E-state index < -0.39 is 30.4 Å². The van der Waals surface area contributed by atoms with Gasteiger partial charge in [0.05, 0.1) is 0 Å². The molecule has 2 unspecified atom stereocenters. The molecule has 0 aliphatic rings. The van der Waals surface area contributed by atoms with Crippen LogP contribution in [0.1, 0.15) is 24.2 Å². The summed E-state index contributed by atoms with van der Waals surface area (Å²) in [5.41, 5.74) is 0.513. The molecule has 0 aliphatic carbocycles. The number of hydrogen-bond acceptors (Lipinski definition) is 3. The number of amides is 1. The van der Waals surface area contributed by atoms with Crippen LogP contribution in [0.25, 0.3) is 0 Å². The zero-order valence-corrected chi connectivity index (χ0v) is 23.5. The van der Waals surface area contributed by atoms with Crippen LogP contribution >= 0.6 is 0 Å². The van der Waals surface area contributed by atoms with Crippen LogP contribution in [0.4, 0.5) is 0 Å². The van der Waals surface area contributed by atoms with Crippen molar-refractivity contribution in [3.05, 3.63) is 127 Å². The van der Waals surface area contributed by atoms with Gasteiger partial charge in [-0.25, -0.2) is 0 Å². The molecule has 5 heteroatoms. The van der Waals surface area contributed by atoms with Gasteiger partial charge in [0, 0.05) is 0 Å². The Balaban J connectivity index is 1.93. The average molecular weight is 584 g/mol. The summed E-state index contributed by atoms with van der Waals surface area (Å²) in [6.45, 7) is 4.14. The van der Waals surface area contributed by atoms with Gasteiger partial charge in [0.25, 0.3) is 0 Å². The molecule has 0 heterocycles. The maximum absolute atomic E-state index is 13.5. The third-order valence-electron chi connectivity index (χ3n) is 6.73. The maximum atomic E-state index is 13.5. The quantitative estimate of drug-likeness (QED) is 0.240. The van der Waals surface area contributed by atoms with Gasteiger partial charge in [-0.2, -0.15) is 0 Å². The second-order valence-electron chi connectivity index (χ2n) is 8.76. The summed E-state index contributed by atoms with van der Waals surface area (Å²) >= 11 is -3.95. The SMILES string of the molecule is CCOC(=O)C(NC(=O)c1ccccc1)[CH](C)[Sn]([c]1ccccc1)([c]1ccccc1)[c]1ccccc1. The van der Waals surface area contributed by atoms with Crippen molar-refractivity contribution in [3.63, 3.8) is 0 Å². The number of ether oxygens (including phenoxy) is 1. The zero-order valence-electron chi connectivity index (χ0n) is 20.6. The van der Waals surface area contributed by atoms with Crippen LogP contribution in [-0.4, -0.2) is 42.9 Å². The van der Waals surface area contributed by atoms with Gasteiger partial charge in [-0.3, -0.25) is 0 Å². The second kappa shape index (κ2) is 12.0. The number of carbonyl (C=O) groups is 2. The summed E-state index contributed by atoms with van der Waals surface area (Å²) in [5, 5.41) is 3.07. The van der Waals surface area contributed by atoms with E-state index in [2.05, 4.69) is 85.0 Å². The van der Waals surface area contributed by atoms with E-state index in [0.717, 1.165) is 0 Å². The number of esters is 1. The molecule has 4 aromatic rings. The van der Waals surface area contributed by atoms with Gasteiger partial charge >= 0.3 is 218 Å². The van der Waals surface area contributed by atoms with Crippen molar-refractivity contribution in [1.29, 1.82) is 0 Å². The predicted octanol–water partition coefficient (Wildman–Crippen LogP) is 3.91. The van der Waals surface area contributed by atoms with Crippen LogP contribution in [0, 0.1) is 0 Å². The molecular formula is C31H31NO3Sn. The Morgan fingerprint density at radius 1 is 0.694 bits per heavy atom. The van der Waals surface area contributed by atoms with Crippen molar-refractivity contribution in [3.8, 4) is 0 Å².